The third-order valence-electron chi connectivity index (χ3n) is 4.26. The minimum absolute atomic E-state index is 0.0395. The summed E-state index contributed by atoms with van der Waals surface area (Å²) in [6.45, 7) is 4.87. The number of fused-ring (bicyclic) bond motifs is 1. The second-order valence-electron chi connectivity index (χ2n) is 5.90. The molecule has 7 heteroatoms. The molecule has 1 aromatic heterocycles. The average Bonchev–Trinajstić information content (AvgIpc) is 3.03. The van der Waals surface area contributed by atoms with E-state index in [4.69, 9.17) is 4.74 Å². The van der Waals surface area contributed by atoms with Gasteiger partial charge in [0.15, 0.2) is 0 Å². The fourth-order valence-corrected chi connectivity index (χ4v) is 2.82. The molecule has 7 nitrogen and oxygen atoms in total. The molecule has 1 N–H and O–H groups in total. The first-order valence-electron chi connectivity index (χ1n) is 8.18. The molecule has 1 aliphatic rings. The molecule has 0 saturated carbocycles. The van der Waals surface area contributed by atoms with E-state index in [1.165, 1.54) is 5.56 Å². The third kappa shape index (κ3) is 3.73. The molecule has 0 radical (unpaired) electrons. The van der Waals surface area contributed by atoms with Crippen LogP contribution >= 0.6 is 0 Å². The van der Waals surface area contributed by atoms with Gasteiger partial charge in [0.25, 0.3) is 0 Å². The number of ether oxygens (including phenoxy) is 1. The van der Waals surface area contributed by atoms with Crippen molar-refractivity contribution in [1.82, 2.24) is 20.0 Å². The van der Waals surface area contributed by atoms with E-state index in [0.717, 1.165) is 10.9 Å². The molecule has 1 aliphatic heterocycles. The summed E-state index contributed by atoms with van der Waals surface area (Å²) in [6, 6.07) is 6.02. The zero-order chi connectivity index (χ0) is 16.9. The van der Waals surface area contributed by atoms with Crippen LogP contribution in [0.4, 0.5) is 0 Å². The van der Waals surface area contributed by atoms with Gasteiger partial charge < -0.3 is 15.0 Å². The van der Waals surface area contributed by atoms with Crippen molar-refractivity contribution in [1.29, 1.82) is 0 Å². The van der Waals surface area contributed by atoms with E-state index >= 15 is 0 Å². The van der Waals surface area contributed by atoms with E-state index in [2.05, 4.69) is 10.4 Å². The Morgan fingerprint density at radius 1 is 1.29 bits per heavy atom. The summed E-state index contributed by atoms with van der Waals surface area (Å²) in [5, 5.41) is 8.13. The Morgan fingerprint density at radius 2 is 2.08 bits per heavy atom. The molecule has 0 atom stereocenters. The quantitative estimate of drug-likeness (QED) is 0.876. The molecule has 0 unspecified atom stereocenters. The van der Waals surface area contributed by atoms with Gasteiger partial charge in [-0.25, -0.2) is 0 Å². The molecule has 3 rings (SSSR count). The van der Waals surface area contributed by atoms with Crippen LogP contribution in [0.15, 0.2) is 24.4 Å². The number of carbonyl (C=O) groups excluding carboxylic acids is 2. The van der Waals surface area contributed by atoms with E-state index in [1.807, 2.05) is 36.0 Å². The van der Waals surface area contributed by atoms with Crippen molar-refractivity contribution in [3.8, 4) is 0 Å². The number of amides is 2. The molecule has 0 aliphatic carbocycles. The molecule has 128 valence electrons. The predicted molar refractivity (Wildman–Crippen MR) is 89.5 cm³/mol. The molecule has 24 heavy (non-hydrogen) atoms. The fourth-order valence-electron chi connectivity index (χ4n) is 2.82. The van der Waals surface area contributed by atoms with E-state index in [0.29, 0.717) is 39.3 Å². The first kappa shape index (κ1) is 16.4. The van der Waals surface area contributed by atoms with Gasteiger partial charge in [-0.05, 0) is 18.6 Å². The summed E-state index contributed by atoms with van der Waals surface area (Å²) in [6.07, 6.45) is 2.12. The number of hydrogen-bond donors (Lipinski definition) is 1. The second-order valence-corrected chi connectivity index (χ2v) is 5.90. The highest BCUT2D eigenvalue weighted by molar-refractivity contribution is 5.85. The van der Waals surface area contributed by atoms with E-state index in [1.54, 1.807) is 4.90 Å². The number of benzene rings is 1. The maximum Gasteiger partial charge on any atom is 0.242 e. The minimum Gasteiger partial charge on any atom is -0.378 e. The molecule has 0 bridgehead atoms. The molecule has 2 heterocycles. The number of nitrogens with one attached hydrogen (secondary N) is 1. The number of rotatable bonds is 5. The standard InChI is InChI=1S/C17H22N4O3/c1-13-3-2-4-15-14(13)11-19-21(15)6-5-16(22)18-12-17(23)20-7-9-24-10-8-20/h2-4,11H,5-10,12H2,1H3,(H,18,22). The highest BCUT2D eigenvalue weighted by Gasteiger charge is 2.17. The van der Waals surface area contributed by atoms with Crippen LogP contribution in [0, 0.1) is 6.92 Å². The van der Waals surface area contributed by atoms with Crippen molar-refractivity contribution in [3.05, 3.63) is 30.0 Å². The maximum atomic E-state index is 12.0. The monoisotopic (exact) mass is 330 g/mol. The van der Waals surface area contributed by atoms with Gasteiger partial charge >= 0.3 is 0 Å². The largest absolute Gasteiger partial charge is 0.378 e. The molecule has 0 spiro atoms. The molecule has 1 saturated heterocycles. The summed E-state index contributed by atoms with van der Waals surface area (Å²) in [7, 11) is 0. The van der Waals surface area contributed by atoms with Crippen molar-refractivity contribution in [2.75, 3.05) is 32.8 Å². The number of nitrogens with zero attached hydrogens (tertiary/aromatic N) is 3. The lowest BCUT2D eigenvalue weighted by Crippen LogP contribution is -2.45. The van der Waals surface area contributed by atoms with E-state index in [-0.39, 0.29) is 18.4 Å². The summed E-state index contributed by atoms with van der Waals surface area (Å²) < 4.78 is 7.03. The van der Waals surface area contributed by atoms with Crippen LogP contribution in [-0.4, -0.2) is 59.3 Å². The van der Waals surface area contributed by atoms with E-state index < -0.39 is 0 Å². The molecular weight excluding hydrogens is 308 g/mol. The maximum absolute atomic E-state index is 12.0. The Balaban J connectivity index is 1.48. The molecule has 2 amide bonds. The van der Waals surface area contributed by atoms with Gasteiger partial charge in [0.1, 0.15) is 0 Å². The van der Waals surface area contributed by atoms with Gasteiger partial charge in [-0.15, -0.1) is 0 Å². The lowest BCUT2D eigenvalue weighted by Gasteiger charge is -2.26. The van der Waals surface area contributed by atoms with Crippen LogP contribution in [0.2, 0.25) is 0 Å². The zero-order valence-corrected chi connectivity index (χ0v) is 13.8. The Labute approximate surface area is 140 Å². The van der Waals surface area contributed by atoms with Gasteiger partial charge in [-0.3, -0.25) is 14.3 Å². The normalized spacial score (nSPS) is 14.8. The zero-order valence-electron chi connectivity index (χ0n) is 13.8. The number of aryl methyl sites for hydroxylation is 2. The summed E-state index contributed by atoms with van der Waals surface area (Å²) >= 11 is 0. The Kier molecular flexibility index (Phi) is 5.10. The lowest BCUT2D eigenvalue weighted by molar-refractivity contribution is -0.136. The highest BCUT2D eigenvalue weighted by atomic mass is 16.5. The van der Waals surface area contributed by atoms with Crippen molar-refractivity contribution < 1.29 is 14.3 Å². The van der Waals surface area contributed by atoms with Crippen molar-refractivity contribution in [2.45, 2.75) is 19.9 Å². The predicted octanol–water partition coefficient (Wildman–Crippen LogP) is 0.710. The van der Waals surface area contributed by atoms with Crippen molar-refractivity contribution >= 4 is 22.7 Å². The van der Waals surface area contributed by atoms with Crippen molar-refractivity contribution in [2.24, 2.45) is 0 Å². The van der Waals surface area contributed by atoms with Gasteiger partial charge in [-0.2, -0.15) is 5.10 Å². The number of aromatic nitrogens is 2. The molecule has 1 fully saturated rings. The summed E-state index contributed by atoms with van der Waals surface area (Å²) in [5.41, 5.74) is 2.19. The third-order valence-corrected chi connectivity index (χ3v) is 4.26. The Morgan fingerprint density at radius 3 is 2.88 bits per heavy atom. The Bertz CT molecular complexity index is 735. The summed E-state index contributed by atoms with van der Waals surface area (Å²) in [5.74, 6) is -0.209. The molecule has 1 aromatic carbocycles. The number of morpholine rings is 1. The second kappa shape index (κ2) is 7.44. The van der Waals surface area contributed by atoms with Crippen LogP contribution in [0.1, 0.15) is 12.0 Å². The minimum atomic E-state index is -0.145. The first-order valence-corrected chi connectivity index (χ1v) is 8.18. The van der Waals surface area contributed by atoms with Crippen LogP contribution in [0.3, 0.4) is 0 Å². The molecular formula is C17H22N4O3. The average molecular weight is 330 g/mol. The number of carbonyl (C=O) groups is 2. The smallest absolute Gasteiger partial charge is 0.242 e. The Hall–Kier alpha value is -2.41. The fraction of sp³-hybridized carbons (Fsp3) is 0.471. The molecule has 2 aromatic rings. The SMILES string of the molecule is Cc1cccc2c1cnn2CCC(=O)NCC(=O)N1CCOCC1. The lowest BCUT2D eigenvalue weighted by atomic mass is 10.1. The van der Waals surface area contributed by atoms with Gasteiger partial charge in [0, 0.05) is 24.9 Å². The first-order chi connectivity index (χ1) is 11.6. The van der Waals surface area contributed by atoms with Crippen LogP contribution in [-0.2, 0) is 20.9 Å². The van der Waals surface area contributed by atoms with Crippen LogP contribution in [0.5, 0.6) is 0 Å². The topological polar surface area (TPSA) is 76.5 Å². The van der Waals surface area contributed by atoms with Gasteiger partial charge in [0.05, 0.1) is 38.0 Å². The van der Waals surface area contributed by atoms with Crippen molar-refractivity contribution in [3.63, 3.8) is 0 Å². The summed E-state index contributed by atoms with van der Waals surface area (Å²) in [4.78, 5) is 25.7. The van der Waals surface area contributed by atoms with E-state index in [9.17, 15) is 9.59 Å². The van der Waals surface area contributed by atoms with Crippen LogP contribution < -0.4 is 5.32 Å². The highest BCUT2D eigenvalue weighted by Crippen LogP contribution is 2.17. The number of hydrogen-bond acceptors (Lipinski definition) is 4. The van der Waals surface area contributed by atoms with Crippen LogP contribution in [0.25, 0.3) is 10.9 Å². The van der Waals surface area contributed by atoms with Gasteiger partial charge in [-0.1, -0.05) is 12.1 Å². The van der Waals surface area contributed by atoms with Gasteiger partial charge in [0.2, 0.25) is 11.8 Å².